The molecular weight excluding hydrogens is 186 g/mol. The van der Waals surface area contributed by atoms with E-state index in [2.05, 4.69) is 6.07 Å². The molecule has 0 bridgehead atoms. The Morgan fingerprint density at radius 2 is 2.07 bits per heavy atom. The number of carbonyl (C=O) groups excluding carboxylic acids is 1. The van der Waals surface area contributed by atoms with Crippen molar-refractivity contribution < 1.29 is 4.79 Å². The maximum atomic E-state index is 12.0. The summed E-state index contributed by atoms with van der Waals surface area (Å²) in [5, 5.41) is 8.75. The molecule has 0 N–H and O–H groups in total. The molecule has 0 aromatic heterocycles. The van der Waals surface area contributed by atoms with E-state index in [-0.39, 0.29) is 5.78 Å². The third-order valence-electron chi connectivity index (χ3n) is 2.69. The molecule has 1 aromatic rings. The highest BCUT2D eigenvalue weighted by atomic mass is 16.1. The fourth-order valence-electron chi connectivity index (χ4n) is 1.70. The first kappa shape index (κ1) is 9.67. The smallest absolute Gasteiger partial charge is 0.172 e. The van der Waals surface area contributed by atoms with E-state index >= 15 is 0 Å². The molecule has 1 aromatic carbocycles. The van der Waals surface area contributed by atoms with Crippen LogP contribution in [0.3, 0.4) is 0 Å². The number of nitriles is 1. The Bertz CT molecular complexity index is 504. The fraction of sp³-hybridized carbons (Fsp3) is 0.231. The van der Waals surface area contributed by atoms with Gasteiger partial charge in [-0.2, -0.15) is 5.26 Å². The van der Waals surface area contributed by atoms with Gasteiger partial charge >= 0.3 is 0 Å². The number of fused-ring (bicyclic) bond motifs is 1. The molecule has 2 rings (SSSR count). The summed E-state index contributed by atoms with van der Waals surface area (Å²) in [5.41, 5.74) is 1.71. The molecule has 0 radical (unpaired) electrons. The Morgan fingerprint density at radius 1 is 1.33 bits per heavy atom. The third-order valence-corrected chi connectivity index (χ3v) is 2.69. The van der Waals surface area contributed by atoms with E-state index in [1.165, 1.54) is 0 Å². The molecule has 2 nitrogen and oxygen atoms in total. The minimum Gasteiger partial charge on any atom is -0.293 e. The zero-order chi connectivity index (χ0) is 11.1. The van der Waals surface area contributed by atoms with Gasteiger partial charge in [-0.05, 0) is 37.6 Å². The predicted octanol–water partition coefficient (Wildman–Crippen LogP) is 2.79. The summed E-state index contributed by atoms with van der Waals surface area (Å²) >= 11 is 0. The summed E-state index contributed by atoms with van der Waals surface area (Å²) < 4.78 is 0. The van der Waals surface area contributed by atoms with Crippen molar-refractivity contribution in [2.75, 3.05) is 0 Å². The number of allylic oxidation sites excluding steroid dienone is 1. The highest BCUT2D eigenvalue weighted by molar-refractivity contribution is 6.06. The maximum Gasteiger partial charge on any atom is 0.172 e. The average Bonchev–Trinajstić information content (AvgIpc) is 2.23. The van der Waals surface area contributed by atoms with Gasteiger partial charge in [0.1, 0.15) is 0 Å². The zero-order valence-corrected chi connectivity index (χ0v) is 8.74. The van der Waals surface area contributed by atoms with Crippen molar-refractivity contribution in [1.82, 2.24) is 0 Å². The van der Waals surface area contributed by atoms with E-state index in [0.29, 0.717) is 11.1 Å². The molecule has 2 heteroatoms. The van der Waals surface area contributed by atoms with Crippen LogP contribution in [-0.2, 0) is 0 Å². The quantitative estimate of drug-likeness (QED) is 0.641. The fourth-order valence-corrected chi connectivity index (χ4v) is 1.70. The summed E-state index contributed by atoms with van der Waals surface area (Å²) in [6.07, 6.45) is 3.80. The summed E-state index contributed by atoms with van der Waals surface area (Å²) in [5.74, 6) is 0.115. The lowest BCUT2D eigenvalue weighted by molar-refractivity contribution is 0.0883. The number of hydrogen-bond donors (Lipinski definition) is 0. The van der Waals surface area contributed by atoms with Crippen molar-refractivity contribution in [3.8, 4) is 6.07 Å². The van der Waals surface area contributed by atoms with Crippen molar-refractivity contribution in [1.29, 1.82) is 5.26 Å². The lowest BCUT2D eigenvalue weighted by Gasteiger charge is -2.24. The van der Waals surface area contributed by atoms with E-state index in [9.17, 15) is 4.79 Å². The van der Waals surface area contributed by atoms with Gasteiger partial charge in [0.15, 0.2) is 5.78 Å². The van der Waals surface area contributed by atoms with Crippen LogP contribution in [0.25, 0.3) is 6.08 Å². The van der Waals surface area contributed by atoms with E-state index < -0.39 is 5.41 Å². The van der Waals surface area contributed by atoms with Gasteiger partial charge in [-0.25, -0.2) is 0 Å². The van der Waals surface area contributed by atoms with Crippen molar-refractivity contribution in [3.63, 3.8) is 0 Å². The Hall–Kier alpha value is -1.88. The molecule has 0 spiro atoms. The molecule has 0 saturated heterocycles. The molecule has 0 unspecified atom stereocenters. The lowest BCUT2D eigenvalue weighted by atomic mass is 9.78. The van der Waals surface area contributed by atoms with Gasteiger partial charge in [0.05, 0.1) is 11.6 Å². The van der Waals surface area contributed by atoms with Gasteiger partial charge in [0, 0.05) is 11.0 Å². The van der Waals surface area contributed by atoms with Crippen LogP contribution in [-0.4, -0.2) is 5.78 Å². The second-order valence-electron chi connectivity index (χ2n) is 4.30. The summed E-state index contributed by atoms with van der Waals surface area (Å²) in [7, 11) is 0. The van der Waals surface area contributed by atoms with Crippen molar-refractivity contribution in [3.05, 3.63) is 41.0 Å². The highest BCUT2D eigenvalue weighted by Crippen LogP contribution is 2.31. The molecule has 1 aliphatic rings. The molecule has 0 aliphatic heterocycles. The highest BCUT2D eigenvalue weighted by Gasteiger charge is 2.30. The Labute approximate surface area is 88.8 Å². The summed E-state index contributed by atoms with van der Waals surface area (Å²) in [6.45, 7) is 3.79. The standard InChI is InChI=1S/C13H11NO/c1-13(2)6-5-10-7-9(8-14)3-4-11(10)12(13)15/h3-7H,1-2H3. The Kier molecular flexibility index (Phi) is 1.97. The average molecular weight is 197 g/mol. The van der Waals surface area contributed by atoms with Crippen LogP contribution in [0.15, 0.2) is 24.3 Å². The number of rotatable bonds is 0. The van der Waals surface area contributed by atoms with Crippen LogP contribution in [0.1, 0.15) is 35.3 Å². The largest absolute Gasteiger partial charge is 0.293 e. The minimum absolute atomic E-state index is 0.115. The maximum absolute atomic E-state index is 12.0. The summed E-state index contributed by atoms with van der Waals surface area (Å²) in [6, 6.07) is 7.24. The van der Waals surface area contributed by atoms with Crippen molar-refractivity contribution >= 4 is 11.9 Å². The topological polar surface area (TPSA) is 40.9 Å². The third kappa shape index (κ3) is 1.46. The number of ketones is 1. The van der Waals surface area contributed by atoms with E-state index in [1.54, 1.807) is 18.2 Å². The molecule has 0 fully saturated rings. The molecule has 1 aliphatic carbocycles. The normalized spacial score (nSPS) is 17.0. The molecular formula is C13H11NO. The second kappa shape index (κ2) is 3.06. The van der Waals surface area contributed by atoms with Crippen LogP contribution < -0.4 is 0 Å². The Balaban J connectivity index is 2.61. The molecule has 74 valence electrons. The number of hydrogen-bond acceptors (Lipinski definition) is 2. The van der Waals surface area contributed by atoms with Gasteiger partial charge in [0.25, 0.3) is 0 Å². The van der Waals surface area contributed by atoms with Crippen molar-refractivity contribution in [2.24, 2.45) is 5.41 Å². The number of carbonyl (C=O) groups is 1. The monoisotopic (exact) mass is 197 g/mol. The lowest BCUT2D eigenvalue weighted by Crippen LogP contribution is -2.25. The minimum atomic E-state index is -0.429. The molecule has 0 atom stereocenters. The zero-order valence-electron chi connectivity index (χ0n) is 8.74. The summed E-state index contributed by atoms with van der Waals surface area (Å²) in [4.78, 5) is 12.0. The van der Waals surface area contributed by atoms with Crippen LogP contribution in [0.4, 0.5) is 0 Å². The predicted molar refractivity (Wildman–Crippen MR) is 58.3 cm³/mol. The van der Waals surface area contributed by atoms with Gasteiger partial charge in [-0.15, -0.1) is 0 Å². The number of nitrogens with zero attached hydrogens (tertiary/aromatic N) is 1. The number of benzene rings is 1. The molecule has 0 amide bonds. The second-order valence-corrected chi connectivity index (χ2v) is 4.30. The van der Waals surface area contributed by atoms with Gasteiger partial charge in [0.2, 0.25) is 0 Å². The molecule has 0 saturated carbocycles. The Morgan fingerprint density at radius 3 is 2.73 bits per heavy atom. The SMILES string of the molecule is CC1(C)C=Cc2cc(C#N)ccc2C1=O. The molecule has 0 heterocycles. The van der Waals surface area contributed by atoms with E-state index in [1.807, 2.05) is 26.0 Å². The first-order valence-corrected chi connectivity index (χ1v) is 4.83. The molecule has 15 heavy (non-hydrogen) atoms. The first-order chi connectivity index (χ1) is 7.04. The van der Waals surface area contributed by atoms with E-state index in [0.717, 1.165) is 5.56 Å². The van der Waals surface area contributed by atoms with Gasteiger partial charge in [-0.1, -0.05) is 12.2 Å². The van der Waals surface area contributed by atoms with E-state index in [4.69, 9.17) is 5.26 Å². The van der Waals surface area contributed by atoms with Gasteiger partial charge < -0.3 is 0 Å². The van der Waals surface area contributed by atoms with Crippen molar-refractivity contribution in [2.45, 2.75) is 13.8 Å². The van der Waals surface area contributed by atoms with Gasteiger partial charge in [-0.3, -0.25) is 4.79 Å². The van der Waals surface area contributed by atoms with Crippen LogP contribution in [0.2, 0.25) is 0 Å². The van der Waals surface area contributed by atoms with Crippen LogP contribution in [0, 0.1) is 16.7 Å². The van der Waals surface area contributed by atoms with Crippen LogP contribution in [0.5, 0.6) is 0 Å². The van der Waals surface area contributed by atoms with Crippen LogP contribution >= 0.6 is 0 Å². The number of Topliss-reactive ketones (excluding diaryl/α,β-unsaturated/α-hetero) is 1. The first-order valence-electron chi connectivity index (χ1n) is 4.83.